The van der Waals surface area contributed by atoms with Gasteiger partial charge in [-0.2, -0.15) is 0 Å². The predicted octanol–water partition coefficient (Wildman–Crippen LogP) is 3.70. The second-order valence-electron chi connectivity index (χ2n) is 5.72. The molecule has 0 heterocycles. The fourth-order valence-corrected chi connectivity index (χ4v) is 3.28. The monoisotopic (exact) mass is 220 g/mol. The van der Waals surface area contributed by atoms with Gasteiger partial charge in [-0.3, -0.25) is 0 Å². The van der Waals surface area contributed by atoms with Crippen molar-refractivity contribution in [3.05, 3.63) is 22.8 Å². The van der Waals surface area contributed by atoms with E-state index in [-0.39, 0.29) is 0 Å². The van der Waals surface area contributed by atoms with Gasteiger partial charge in [0.05, 0.1) is 0 Å². The minimum atomic E-state index is 0.298. The summed E-state index contributed by atoms with van der Waals surface area (Å²) < 4.78 is 0. The normalized spacial score (nSPS) is 32.1. The highest BCUT2D eigenvalue weighted by atomic mass is 16.3. The van der Waals surface area contributed by atoms with Gasteiger partial charge in [0.25, 0.3) is 0 Å². The summed E-state index contributed by atoms with van der Waals surface area (Å²) >= 11 is 0. The number of aliphatic hydroxyl groups is 1. The van der Waals surface area contributed by atoms with Crippen molar-refractivity contribution in [3.8, 4) is 0 Å². The van der Waals surface area contributed by atoms with Gasteiger partial charge < -0.3 is 5.11 Å². The lowest BCUT2D eigenvalue weighted by molar-refractivity contribution is 0.242. The summed E-state index contributed by atoms with van der Waals surface area (Å²) in [6, 6.07) is 0. The maximum absolute atomic E-state index is 9.35. The van der Waals surface area contributed by atoms with Gasteiger partial charge in [-0.05, 0) is 50.0 Å². The van der Waals surface area contributed by atoms with Crippen molar-refractivity contribution in [2.24, 2.45) is 17.8 Å². The fraction of sp³-hybridized carbons (Fsp3) is 0.733. The first-order valence-corrected chi connectivity index (χ1v) is 6.64. The molecule has 0 fully saturated rings. The van der Waals surface area contributed by atoms with Gasteiger partial charge in [0, 0.05) is 12.5 Å². The Kier molecular flexibility index (Phi) is 3.53. The number of hydrogen-bond acceptors (Lipinski definition) is 1. The van der Waals surface area contributed by atoms with Crippen molar-refractivity contribution >= 4 is 0 Å². The molecular formula is C15H24O. The molecular weight excluding hydrogens is 196 g/mol. The number of aliphatic hydroxyl groups excluding tert-OH is 1. The number of fused-ring (bicyclic) bond motifs is 1. The minimum Gasteiger partial charge on any atom is -0.396 e. The lowest BCUT2D eigenvalue weighted by Crippen LogP contribution is -2.25. The van der Waals surface area contributed by atoms with Crippen LogP contribution in [0.25, 0.3) is 0 Å². The molecule has 1 nitrogen and oxygen atoms in total. The van der Waals surface area contributed by atoms with Crippen molar-refractivity contribution in [1.29, 1.82) is 0 Å². The van der Waals surface area contributed by atoms with Gasteiger partial charge in [-0.15, -0.1) is 0 Å². The Morgan fingerprint density at radius 3 is 2.81 bits per heavy atom. The lowest BCUT2D eigenvalue weighted by atomic mass is 9.68. The van der Waals surface area contributed by atoms with E-state index in [1.165, 1.54) is 36.8 Å². The quantitative estimate of drug-likeness (QED) is 0.752. The van der Waals surface area contributed by atoms with Crippen LogP contribution in [0.1, 0.15) is 46.5 Å². The van der Waals surface area contributed by atoms with Crippen LogP contribution in [0.5, 0.6) is 0 Å². The highest BCUT2D eigenvalue weighted by molar-refractivity contribution is 5.36. The molecule has 3 atom stereocenters. The van der Waals surface area contributed by atoms with Gasteiger partial charge in [0.1, 0.15) is 0 Å². The first kappa shape index (κ1) is 11.9. The van der Waals surface area contributed by atoms with Crippen molar-refractivity contribution in [3.63, 3.8) is 0 Å². The van der Waals surface area contributed by atoms with E-state index in [1.807, 2.05) is 0 Å². The maximum atomic E-state index is 9.35. The molecule has 0 aromatic rings. The highest BCUT2D eigenvalue weighted by Gasteiger charge is 2.31. The number of hydrogen-bond donors (Lipinski definition) is 1. The molecule has 2 aliphatic rings. The molecule has 2 rings (SSSR count). The second kappa shape index (κ2) is 4.75. The maximum Gasteiger partial charge on any atom is 0.0494 e. The Morgan fingerprint density at radius 2 is 2.12 bits per heavy atom. The topological polar surface area (TPSA) is 20.2 Å². The molecule has 0 aliphatic heterocycles. The first-order valence-electron chi connectivity index (χ1n) is 6.64. The van der Waals surface area contributed by atoms with E-state index in [4.69, 9.17) is 0 Å². The minimum absolute atomic E-state index is 0.298. The third-order valence-electron chi connectivity index (χ3n) is 4.45. The van der Waals surface area contributed by atoms with E-state index in [0.29, 0.717) is 12.5 Å². The summed E-state index contributed by atoms with van der Waals surface area (Å²) in [5.41, 5.74) is 4.62. The molecule has 1 unspecified atom stereocenters. The molecule has 16 heavy (non-hydrogen) atoms. The van der Waals surface area contributed by atoms with Gasteiger partial charge in [0.15, 0.2) is 0 Å². The standard InChI is InChI=1S/C15H24O/c1-10-4-6-13-11(2)5-7-14(12(3)9-16)15(13)8-10/h8,11-13,16H,4-7,9H2,1-3H3/t11-,12?,13+/m0/s1. The molecule has 1 heteroatoms. The Hall–Kier alpha value is -0.560. The molecule has 2 aliphatic carbocycles. The molecule has 0 radical (unpaired) electrons. The van der Waals surface area contributed by atoms with Crippen molar-refractivity contribution in [2.45, 2.75) is 46.5 Å². The van der Waals surface area contributed by atoms with E-state index in [1.54, 1.807) is 5.57 Å². The third-order valence-corrected chi connectivity index (χ3v) is 4.45. The zero-order valence-electron chi connectivity index (χ0n) is 10.8. The van der Waals surface area contributed by atoms with Crippen molar-refractivity contribution in [1.82, 2.24) is 0 Å². The summed E-state index contributed by atoms with van der Waals surface area (Å²) in [7, 11) is 0. The summed E-state index contributed by atoms with van der Waals surface area (Å²) in [6.45, 7) is 7.09. The average molecular weight is 220 g/mol. The van der Waals surface area contributed by atoms with Crippen LogP contribution in [-0.4, -0.2) is 11.7 Å². The molecule has 90 valence electrons. The Morgan fingerprint density at radius 1 is 1.38 bits per heavy atom. The molecule has 0 saturated carbocycles. The zero-order chi connectivity index (χ0) is 11.7. The molecule has 0 spiro atoms. The van der Waals surface area contributed by atoms with Crippen LogP contribution in [-0.2, 0) is 0 Å². The Labute approximate surface area is 99.3 Å². The summed E-state index contributed by atoms with van der Waals surface area (Å²) in [5, 5.41) is 9.35. The van der Waals surface area contributed by atoms with Gasteiger partial charge in [-0.25, -0.2) is 0 Å². The molecule has 0 amide bonds. The molecule has 0 aromatic heterocycles. The number of allylic oxidation sites excluding steroid dienone is 3. The molecule has 0 saturated heterocycles. The van der Waals surface area contributed by atoms with Crippen LogP contribution in [0, 0.1) is 17.8 Å². The van der Waals surface area contributed by atoms with Crippen molar-refractivity contribution in [2.75, 3.05) is 6.61 Å². The van der Waals surface area contributed by atoms with Gasteiger partial charge >= 0.3 is 0 Å². The van der Waals surface area contributed by atoms with Crippen LogP contribution in [0.2, 0.25) is 0 Å². The van der Waals surface area contributed by atoms with Crippen LogP contribution < -0.4 is 0 Å². The van der Waals surface area contributed by atoms with E-state index >= 15 is 0 Å². The summed E-state index contributed by atoms with van der Waals surface area (Å²) in [5.74, 6) is 1.95. The predicted molar refractivity (Wildman–Crippen MR) is 68.2 cm³/mol. The molecule has 0 aromatic carbocycles. The summed E-state index contributed by atoms with van der Waals surface area (Å²) in [6.07, 6.45) is 7.49. The largest absolute Gasteiger partial charge is 0.396 e. The average Bonchev–Trinajstić information content (AvgIpc) is 2.28. The third kappa shape index (κ3) is 2.10. The van der Waals surface area contributed by atoms with Crippen LogP contribution in [0.15, 0.2) is 22.8 Å². The first-order chi connectivity index (χ1) is 7.63. The van der Waals surface area contributed by atoms with Gasteiger partial charge in [-0.1, -0.05) is 31.1 Å². The highest BCUT2D eigenvalue weighted by Crippen LogP contribution is 2.43. The lowest BCUT2D eigenvalue weighted by Gasteiger charge is -2.37. The Balaban J connectivity index is 2.38. The SMILES string of the molecule is CC1=CC2=C(C(C)CO)CC[C@H](C)[C@H]2CC1. The summed E-state index contributed by atoms with van der Waals surface area (Å²) in [4.78, 5) is 0. The Bertz CT molecular complexity index is 324. The van der Waals surface area contributed by atoms with Crippen molar-refractivity contribution < 1.29 is 5.11 Å². The fourth-order valence-electron chi connectivity index (χ4n) is 3.28. The van der Waals surface area contributed by atoms with Crippen LogP contribution in [0.3, 0.4) is 0 Å². The van der Waals surface area contributed by atoms with E-state index in [2.05, 4.69) is 26.8 Å². The van der Waals surface area contributed by atoms with Gasteiger partial charge in [0.2, 0.25) is 0 Å². The van der Waals surface area contributed by atoms with E-state index in [9.17, 15) is 5.11 Å². The molecule has 1 N–H and O–H groups in total. The molecule has 0 bridgehead atoms. The van der Waals surface area contributed by atoms with Crippen LogP contribution >= 0.6 is 0 Å². The van der Waals surface area contributed by atoms with E-state index < -0.39 is 0 Å². The number of rotatable bonds is 2. The van der Waals surface area contributed by atoms with E-state index in [0.717, 1.165) is 11.8 Å². The second-order valence-corrected chi connectivity index (χ2v) is 5.72. The smallest absolute Gasteiger partial charge is 0.0494 e. The zero-order valence-corrected chi connectivity index (χ0v) is 10.8. The van der Waals surface area contributed by atoms with Crippen LogP contribution in [0.4, 0.5) is 0 Å².